The first-order chi connectivity index (χ1) is 9.25. The molecule has 2 N–H and O–H groups in total. The fourth-order valence-electron chi connectivity index (χ4n) is 1.88. The highest BCUT2D eigenvalue weighted by molar-refractivity contribution is 5.89. The molecule has 0 unspecified atom stereocenters. The number of aromatic nitrogens is 1. The molecule has 0 fully saturated rings. The Labute approximate surface area is 109 Å². The van der Waals surface area contributed by atoms with Crippen molar-refractivity contribution in [1.82, 2.24) is 4.98 Å². The summed E-state index contributed by atoms with van der Waals surface area (Å²) in [6.07, 6.45) is 1.51. The molecule has 0 aliphatic carbocycles. The second-order valence-corrected chi connectivity index (χ2v) is 4.09. The van der Waals surface area contributed by atoms with Gasteiger partial charge in [0.1, 0.15) is 0 Å². The molecule has 0 bridgehead atoms. The second-order valence-electron chi connectivity index (χ2n) is 4.09. The summed E-state index contributed by atoms with van der Waals surface area (Å²) in [6, 6.07) is 13.6. The standard InChI is InChI=1S/C15H11FN2O/c16-11-6-2-4-8-14(11)19-15-10-5-1-3-7-13(10)18-9-12(15)17/h1-9H,17H2. The number of para-hydroxylation sites is 2. The van der Waals surface area contributed by atoms with Gasteiger partial charge >= 0.3 is 0 Å². The molecule has 0 saturated carbocycles. The SMILES string of the molecule is Nc1cnc2ccccc2c1Oc1ccccc1F. The number of halogens is 1. The van der Waals surface area contributed by atoms with E-state index in [2.05, 4.69) is 4.98 Å². The van der Waals surface area contributed by atoms with Crippen molar-refractivity contribution in [1.29, 1.82) is 0 Å². The second kappa shape index (κ2) is 4.57. The fourth-order valence-corrected chi connectivity index (χ4v) is 1.88. The van der Waals surface area contributed by atoms with Crippen molar-refractivity contribution < 1.29 is 9.13 Å². The largest absolute Gasteiger partial charge is 0.451 e. The summed E-state index contributed by atoms with van der Waals surface area (Å²) < 4.78 is 19.2. The topological polar surface area (TPSA) is 48.1 Å². The summed E-state index contributed by atoms with van der Waals surface area (Å²) in [5.74, 6) is 0.143. The number of rotatable bonds is 2. The van der Waals surface area contributed by atoms with E-state index >= 15 is 0 Å². The number of nitrogens with zero attached hydrogens (tertiary/aromatic N) is 1. The predicted molar refractivity (Wildman–Crippen MR) is 72.6 cm³/mol. The number of ether oxygens (including phenoxy) is 1. The van der Waals surface area contributed by atoms with Crippen molar-refractivity contribution in [3.63, 3.8) is 0 Å². The third-order valence-electron chi connectivity index (χ3n) is 2.80. The molecule has 0 amide bonds. The average molecular weight is 254 g/mol. The molecule has 3 aromatic rings. The van der Waals surface area contributed by atoms with E-state index in [9.17, 15) is 4.39 Å². The van der Waals surface area contributed by atoms with Crippen molar-refractivity contribution in [2.75, 3.05) is 5.73 Å². The van der Waals surface area contributed by atoms with Gasteiger partial charge in [-0.25, -0.2) is 4.39 Å². The maximum atomic E-state index is 13.6. The Morgan fingerprint density at radius 3 is 2.58 bits per heavy atom. The van der Waals surface area contributed by atoms with Crippen LogP contribution in [0.1, 0.15) is 0 Å². The zero-order valence-electron chi connectivity index (χ0n) is 10.0. The molecule has 0 atom stereocenters. The predicted octanol–water partition coefficient (Wildman–Crippen LogP) is 3.75. The van der Waals surface area contributed by atoms with Gasteiger partial charge in [-0.2, -0.15) is 0 Å². The average Bonchev–Trinajstić information content (AvgIpc) is 2.44. The van der Waals surface area contributed by atoms with Crippen LogP contribution in [0.3, 0.4) is 0 Å². The first kappa shape index (κ1) is 11.5. The number of benzene rings is 2. The Hall–Kier alpha value is -2.62. The van der Waals surface area contributed by atoms with Crippen LogP contribution in [0.2, 0.25) is 0 Å². The van der Waals surface area contributed by atoms with Gasteiger partial charge in [0.15, 0.2) is 17.3 Å². The number of pyridine rings is 1. The van der Waals surface area contributed by atoms with Crippen LogP contribution >= 0.6 is 0 Å². The first-order valence-corrected chi connectivity index (χ1v) is 5.81. The highest BCUT2D eigenvalue weighted by Crippen LogP contribution is 2.34. The number of anilines is 1. The molecule has 0 spiro atoms. The van der Waals surface area contributed by atoms with E-state index in [1.54, 1.807) is 18.2 Å². The van der Waals surface area contributed by atoms with Crippen molar-refractivity contribution >= 4 is 16.6 Å². The maximum absolute atomic E-state index is 13.6. The Morgan fingerprint density at radius 2 is 1.74 bits per heavy atom. The Morgan fingerprint density at radius 1 is 1.00 bits per heavy atom. The van der Waals surface area contributed by atoms with Gasteiger partial charge in [0, 0.05) is 5.39 Å². The molecule has 0 radical (unpaired) electrons. The molecule has 3 nitrogen and oxygen atoms in total. The first-order valence-electron chi connectivity index (χ1n) is 5.81. The lowest BCUT2D eigenvalue weighted by molar-refractivity contribution is 0.448. The highest BCUT2D eigenvalue weighted by Gasteiger charge is 2.11. The Kier molecular flexibility index (Phi) is 2.76. The van der Waals surface area contributed by atoms with Gasteiger partial charge < -0.3 is 10.5 Å². The summed E-state index contributed by atoms with van der Waals surface area (Å²) >= 11 is 0. The van der Waals surface area contributed by atoms with Crippen LogP contribution in [0.4, 0.5) is 10.1 Å². The van der Waals surface area contributed by atoms with Crippen LogP contribution < -0.4 is 10.5 Å². The van der Waals surface area contributed by atoms with Crippen LogP contribution in [-0.4, -0.2) is 4.98 Å². The minimum atomic E-state index is -0.428. The summed E-state index contributed by atoms with van der Waals surface area (Å²) in [6.45, 7) is 0. The lowest BCUT2D eigenvalue weighted by Gasteiger charge is -2.11. The molecule has 0 aliphatic heterocycles. The number of nitrogens with two attached hydrogens (primary N) is 1. The molecule has 2 aromatic carbocycles. The van der Waals surface area contributed by atoms with Crippen LogP contribution in [0.15, 0.2) is 54.7 Å². The molecule has 0 aliphatic rings. The van der Waals surface area contributed by atoms with E-state index in [4.69, 9.17) is 10.5 Å². The van der Waals surface area contributed by atoms with E-state index in [-0.39, 0.29) is 5.75 Å². The van der Waals surface area contributed by atoms with Crippen molar-refractivity contribution in [3.05, 3.63) is 60.5 Å². The van der Waals surface area contributed by atoms with Gasteiger partial charge in [-0.15, -0.1) is 0 Å². The lowest BCUT2D eigenvalue weighted by atomic mass is 10.2. The minimum Gasteiger partial charge on any atom is -0.451 e. The van der Waals surface area contributed by atoms with E-state index in [0.29, 0.717) is 11.4 Å². The van der Waals surface area contributed by atoms with E-state index < -0.39 is 5.82 Å². The number of hydrogen-bond donors (Lipinski definition) is 1. The van der Waals surface area contributed by atoms with Crippen LogP contribution in [-0.2, 0) is 0 Å². The maximum Gasteiger partial charge on any atom is 0.165 e. The zero-order chi connectivity index (χ0) is 13.2. The van der Waals surface area contributed by atoms with E-state index in [1.807, 2.05) is 24.3 Å². The van der Waals surface area contributed by atoms with Crippen molar-refractivity contribution in [3.8, 4) is 11.5 Å². The molecule has 94 valence electrons. The molecular formula is C15H11FN2O. The summed E-state index contributed by atoms with van der Waals surface area (Å²) in [5, 5.41) is 0.755. The molecule has 1 heterocycles. The van der Waals surface area contributed by atoms with Gasteiger partial charge in [-0.3, -0.25) is 4.98 Å². The molecule has 0 saturated heterocycles. The van der Waals surface area contributed by atoms with Crippen molar-refractivity contribution in [2.24, 2.45) is 0 Å². The summed E-state index contributed by atoms with van der Waals surface area (Å²) in [5.41, 5.74) is 7.00. The van der Waals surface area contributed by atoms with E-state index in [0.717, 1.165) is 10.9 Å². The highest BCUT2D eigenvalue weighted by atomic mass is 19.1. The van der Waals surface area contributed by atoms with Crippen molar-refractivity contribution in [2.45, 2.75) is 0 Å². The third-order valence-corrected chi connectivity index (χ3v) is 2.80. The molecule has 19 heavy (non-hydrogen) atoms. The molecule has 1 aromatic heterocycles. The fraction of sp³-hybridized carbons (Fsp3) is 0. The number of hydrogen-bond acceptors (Lipinski definition) is 3. The third kappa shape index (κ3) is 2.08. The van der Waals surface area contributed by atoms with Gasteiger partial charge in [-0.1, -0.05) is 24.3 Å². The van der Waals surface area contributed by atoms with Gasteiger partial charge in [0.05, 0.1) is 17.4 Å². The molecular weight excluding hydrogens is 243 g/mol. The molecule has 4 heteroatoms. The summed E-state index contributed by atoms with van der Waals surface area (Å²) in [4.78, 5) is 4.21. The summed E-state index contributed by atoms with van der Waals surface area (Å²) in [7, 11) is 0. The van der Waals surface area contributed by atoms with Gasteiger partial charge in [-0.05, 0) is 24.3 Å². The number of fused-ring (bicyclic) bond motifs is 1. The van der Waals surface area contributed by atoms with Crippen LogP contribution in [0, 0.1) is 5.82 Å². The van der Waals surface area contributed by atoms with E-state index in [1.165, 1.54) is 12.3 Å². The quantitative estimate of drug-likeness (QED) is 0.757. The number of nitrogen functional groups attached to an aromatic ring is 1. The Balaban J connectivity index is 2.15. The Bertz CT molecular complexity index is 743. The van der Waals surface area contributed by atoms with Crippen LogP contribution in [0.25, 0.3) is 10.9 Å². The normalized spacial score (nSPS) is 10.6. The monoisotopic (exact) mass is 254 g/mol. The molecule has 3 rings (SSSR count). The lowest BCUT2D eigenvalue weighted by Crippen LogP contribution is -1.96. The minimum absolute atomic E-state index is 0.144. The zero-order valence-corrected chi connectivity index (χ0v) is 10.0. The van der Waals surface area contributed by atoms with Gasteiger partial charge in [0.2, 0.25) is 0 Å². The smallest absolute Gasteiger partial charge is 0.165 e. The van der Waals surface area contributed by atoms with Crippen LogP contribution in [0.5, 0.6) is 11.5 Å². The van der Waals surface area contributed by atoms with Gasteiger partial charge in [0.25, 0.3) is 0 Å².